The Labute approximate surface area is 92.1 Å². The molecule has 0 spiro atoms. The molecule has 0 aliphatic rings. The zero-order chi connectivity index (χ0) is 11.4. The lowest BCUT2D eigenvalue weighted by Gasteiger charge is -2.00. The van der Waals surface area contributed by atoms with Gasteiger partial charge in [0.25, 0.3) is 0 Å². The van der Waals surface area contributed by atoms with E-state index in [1.165, 1.54) is 6.39 Å². The molecule has 0 fully saturated rings. The van der Waals surface area contributed by atoms with Crippen LogP contribution in [0.2, 0.25) is 0 Å². The van der Waals surface area contributed by atoms with Gasteiger partial charge in [-0.1, -0.05) is 6.07 Å². The van der Waals surface area contributed by atoms with Crippen LogP contribution in [0.5, 0.6) is 0 Å². The van der Waals surface area contributed by atoms with E-state index < -0.39 is 5.97 Å². The quantitative estimate of drug-likeness (QED) is 0.736. The van der Waals surface area contributed by atoms with Crippen molar-refractivity contribution in [3.05, 3.63) is 36.5 Å². The van der Waals surface area contributed by atoms with Crippen LogP contribution in [0.1, 0.15) is 17.4 Å². The molecule has 0 atom stereocenters. The molecule has 5 nitrogen and oxygen atoms in total. The molecule has 0 aliphatic carbocycles. The Bertz CT molecular complexity index is 479. The number of aromatic nitrogens is 2. The van der Waals surface area contributed by atoms with E-state index in [9.17, 15) is 4.79 Å². The van der Waals surface area contributed by atoms with E-state index in [1.807, 2.05) is 0 Å². The van der Waals surface area contributed by atoms with Gasteiger partial charge in [0, 0.05) is 6.20 Å². The van der Waals surface area contributed by atoms with Gasteiger partial charge in [-0.2, -0.15) is 0 Å². The summed E-state index contributed by atoms with van der Waals surface area (Å²) in [4.78, 5) is 19.4. The zero-order valence-electron chi connectivity index (χ0n) is 8.71. The number of carbonyl (C=O) groups is 1. The van der Waals surface area contributed by atoms with Crippen LogP contribution in [0.3, 0.4) is 0 Å². The molecule has 2 heterocycles. The monoisotopic (exact) mass is 218 g/mol. The summed E-state index contributed by atoms with van der Waals surface area (Å²) in [6.45, 7) is 2.03. The van der Waals surface area contributed by atoms with Crippen molar-refractivity contribution in [3.63, 3.8) is 0 Å². The Morgan fingerprint density at radius 2 is 2.31 bits per heavy atom. The molecule has 5 heteroatoms. The molecule has 82 valence electrons. The standard InChI is InChI=1S/C11H10N2O3/c1-2-15-11(14)9-10(16-7-13-9)8-5-3-4-6-12-8/h3-7H,2H2,1H3. The van der Waals surface area contributed by atoms with Gasteiger partial charge in [0.05, 0.1) is 6.61 Å². The second-order valence-electron chi connectivity index (χ2n) is 2.97. The van der Waals surface area contributed by atoms with Crippen molar-refractivity contribution >= 4 is 5.97 Å². The molecule has 0 unspecified atom stereocenters. The van der Waals surface area contributed by atoms with E-state index in [0.717, 1.165) is 0 Å². The molecule has 0 amide bonds. The number of hydrogen-bond donors (Lipinski definition) is 0. The van der Waals surface area contributed by atoms with Crippen molar-refractivity contribution in [2.24, 2.45) is 0 Å². The highest BCUT2D eigenvalue weighted by Crippen LogP contribution is 2.20. The third-order valence-electron chi connectivity index (χ3n) is 1.93. The largest absolute Gasteiger partial charge is 0.461 e. The van der Waals surface area contributed by atoms with Crippen molar-refractivity contribution in [2.45, 2.75) is 6.92 Å². The van der Waals surface area contributed by atoms with E-state index in [4.69, 9.17) is 9.15 Å². The van der Waals surface area contributed by atoms with Crippen LogP contribution in [0, 0.1) is 0 Å². The van der Waals surface area contributed by atoms with Crippen LogP contribution < -0.4 is 0 Å². The number of esters is 1. The van der Waals surface area contributed by atoms with Gasteiger partial charge in [0.15, 0.2) is 17.8 Å². The minimum absolute atomic E-state index is 0.153. The average molecular weight is 218 g/mol. The molecule has 0 bridgehead atoms. The van der Waals surface area contributed by atoms with Crippen molar-refractivity contribution in [1.82, 2.24) is 9.97 Å². The highest BCUT2D eigenvalue weighted by atomic mass is 16.5. The third-order valence-corrected chi connectivity index (χ3v) is 1.93. The number of hydrogen-bond acceptors (Lipinski definition) is 5. The van der Waals surface area contributed by atoms with E-state index in [0.29, 0.717) is 18.1 Å². The van der Waals surface area contributed by atoms with E-state index >= 15 is 0 Å². The van der Waals surface area contributed by atoms with Gasteiger partial charge in [-0.25, -0.2) is 9.78 Å². The van der Waals surface area contributed by atoms with Crippen molar-refractivity contribution in [1.29, 1.82) is 0 Å². The number of carbonyl (C=O) groups excluding carboxylic acids is 1. The normalized spacial score (nSPS) is 10.1. The lowest BCUT2D eigenvalue weighted by Crippen LogP contribution is -2.06. The summed E-state index contributed by atoms with van der Waals surface area (Å²) in [7, 11) is 0. The first kappa shape index (κ1) is 10.4. The average Bonchev–Trinajstić information content (AvgIpc) is 2.79. The minimum Gasteiger partial charge on any atom is -0.461 e. The first-order chi connectivity index (χ1) is 7.83. The van der Waals surface area contributed by atoms with Gasteiger partial charge in [-0.15, -0.1) is 0 Å². The third kappa shape index (κ3) is 1.93. The van der Waals surface area contributed by atoms with Gasteiger partial charge < -0.3 is 9.15 Å². The molecule has 2 rings (SSSR count). The minimum atomic E-state index is -0.503. The van der Waals surface area contributed by atoms with Crippen LogP contribution in [0.25, 0.3) is 11.5 Å². The summed E-state index contributed by atoms with van der Waals surface area (Å²) in [6.07, 6.45) is 2.82. The van der Waals surface area contributed by atoms with Gasteiger partial charge in [0.1, 0.15) is 5.69 Å². The van der Waals surface area contributed by atoms with E-state index in [1.54, 1.807) is 31.3 Å². The first-order valence-corrected chi connectivity index (χ1v) is 4.85. The predicted molar refractivity (Wildman–Crippen MR) is 55.7 cm³/mol. The van der Waals surface area contributed by atoms with Gasteiger partial charge in [-0.05, 0) is 19.1 Å². The highest BCUT2D eigenvalue weighted by Gasteiger charge is 2.19. The van der Waals surface area contributed by atoms with E-state index in [-0.39, 0.29) is 5.69 Å². The molecular weight excluding hydrogens is 208 g/mol. The van der Waals surface area contributed by atoms with Crippen LogP contribution in [-0.2, 0) is 4.74 Å². The first-order valence-electron chi connectivity index (χ1n) is 4.85. The Morgan fingerprint density at radius 1 is 1.44 bits per heavy atom. The molecule has 0 saturated heterocycles. The maximum Gasteiger partial charge on any atom is 0.361 e. The number of pyridine rings is 1. The van der Waals surface area contributed by atoms with Crippen LogP contribution in [-0.4, -0.2) is 22.5 Å². The summed E-state index contributed by atoms with van der Waals surface area (Å²) in [6, 6.07) is 5.33. The van der Waals surface area contributed by atoms with Gasteiger partial charge in [-0.3, -0.25) is 4.98 Å². The number of oxazole rings is 1. The number of nitrogens with zero attached hydrogens (tertiary/aromatic N) is 2. The summed E-state index contributed by atoms with van der Waals surface area (Å²) >= 11 is 0. The summed E-state index contributed by atoms with van der Waals surface area (Å²) in [5, 5.41) is 0. The molecular formula is C11H10N2O3. The lowest BCUT2D eigenvalue weighted by atomic mass is 10.2. The zero-order valence-corrected chi connectivity index (χ0v) is 8.71. The lowest BCUT2D eigenvalue weighted by molar-refractivity contribution is 0.0520. The highest BCUT2D eigenvalue weighted by molar-refractivity contribution is 5.92. The van der Waals surface area contributed by atoms with Crippen molar-refractivity contribution < 1.29 is 13.9 Å². The topological polar surface area (TPSA) is 65.2 Å². The van der Waals surface area contributed by atoms with E-state index in [2.05, 4.69) is 9.97 Å². The molecule has 2 aromatic heterocycles. The number of rotatable bonds is 3. The smallest absolute Gasteiger partial charge is 0.361 e. The molecule has 2 aromatic rings. The molecule has 0 aromatic carbocycles. The maximum atomic E-state index is 11.5. The Hall–Kier alpha value is -2.17. The molecule has 0 aliphatic heterocycles. The van der Waals surface area contributed by atoms with Crippen LogP contribution in [0.4, 0.5) is 0 Å². The van der Waals surface area contributed by atoms with Crippen LogP contribution >= 0.6 is 0 Å². The number of ether oxygens (including phenoxy) is 1. The summed E-state index contributed by atoms with van der Waals surface area (Å²) in [5.74, 6) is -0.170. The summed E-state index contributed by atoms with van der Waals surface area (Å²) < 4.78 is 10.0. The fourth-order valence-corrected chi connectivity index (χ4v) is 1.27. The van der Waals surface area contributed by atoms with Crippen LogP contribution in [0.15, 0.2) is 35.2 Å². The molecule has 16 heavy (non-hydrogen) atoms. The fraction of sp³-hybridized carbons (Fsp3) is 0.182. The van der Waals surface area contributed by atoms with Crippen molar-refractivity contribution in [2.75, 3.05) is 6.61 Å². The fourth-order valence-electron chi connectivity index (χ4n) is 1.27. The Balaban J connectivity index is 2.37. The second-order valence-corrected chi connectivity index (χ2v) is 2.97. The predicted octanol–water partition coefficient (Wildman–Crippen LogP) is 1.91. The molecule has 0 saturated carbocycles. The molecule has 0 N–H and O–H groups in total. The Kier molecular flexibility index (Phi) is 2.95. The van der Waals surface area contributed by atoms with Crippen molar-refractivity contribution in [3.8, 4) is 11.5 Å². The van der Waals surface area contributed by atoms with Gasteiger partial charge in [0.2, 0.25) is 0 Å². The second kappa shape index (κ2) is 4.57. The Morgan fingerprint density at radius 3 is 3.00 bits per heavy atom. The SMILES string of the molecule is CCOC(=O)c1ncoc1-c1ccccn1. The summed E-state index contributed by atoms with van der Waals surface area (Å²) in [5.41, 5.74) is 0.712. The maximum absolute atomic E-state index is 11.5. The molecule has 0 radical (unpaired) electrons. The van der Waals surface area contributed by atoms with Gasteiger partial charge >= 0.3 is 5.97 Å².